The van der Waals surface area contributed by atoms with Gasteiger partial charge >= 0.3 is 0 Å². The molecule has 8 heteroatoms. The van der Waals surface area contributed by atoms with E-state index in [4.69, 9.17) is 15.8 Å². The largest absolute Gasteiger partial charge is 0.368 e. The van der Waals surface area contributed by atoms with Crippen molar-refractivity contribution in [3.8, 4) is 22.6 Å². The summed E-state index contributed by atoms with van der Waals surface area (Å²) in [5.41, 5.74) is 11.1. The Balaban J connectivity index is 1.50. The molecule has 1 atom stereocenters. The Morgan fingerprint density at radius 2 is 2.14 bits per heavy atom. The molecule has 0 saturated heterocycles. The number of benzene rings is 1. The first-order chi connectivity index (χ1) is 14.2. The van der Waals surface area contributed by atoms with Gasteiger partial charge in [-0.3, -0.25) is 14.5 Å². The zero-order chi connectivity index (χ0) is 19.5. The number of hydrogen-bond acceptors (Lipinski definition) is 5. The molecule has 6 rings (SSSR count). The van der Waals surface area contributed by atoms with Crippen LogP contribution in [0, 0.1) is 0 Å². The first kappa shape index (κ1) is 16.5. The zero-order valence-electron chi connectivity index (χ0n) is 15.9. The molecule has 0 bridgehead atoms. The Morgan fingerprint density at radius 3 is 2.97 bits per heavy atom. The number of nitrogens with two attached hydrogens (primary N) is 1. The van der Waals surface area contributed by atoms with Gasteiger partial charge in [0.1, 0.15) is 17.2 Å². The number of carbonyl (C=O) groups excluding carboxylic acids is 1. The van der Waals surface area contributed by atoms with Crippen molar-refractivity contribution >= 4 is 17.9 Å². The number of nitrogens with zero attached hydrogens (tertiary/aromatic N) is 5. The van der Waals surface area contributed by atoms with Gasteiger partial charge in [0, 0.05) is 36.0 Å². The minimum atomic E-state index is -0.676. The van der Waals surface area contributed by atoms with E-state index in [0.29, 0.717) is 6.04 Å². The van der Waals surface area contributed by atoms with Crippen molar-refractivity contribution in [1.82, 2.24) is 19.3 Å². The normalized spacial score (nSPS) is 19.7. The molecule has 3 aliphatic rings. The molecule has 29 heavy (non-hydrogen) atoms. The standard InChI is InChI=1S/C21H21N7O/c22-21(29)18-14-10-12(3-6-15(14)23-11-24-18)20-19(25-17-2-1-8-27(17)20)16-7-9-28(26-16)13-4-5-13/h3,6-7,9-11,13,18H,1-2,4-5,8H2,(H2,22,29)(H,23,24). The molecule has 3 N–H and O–H groups in total. The molecular formula is C21H21N7O. The van der Waals surface area contributed by atoms with E-state index in [1.54, 1.807) is 0 Å². The fraction of sp³-hybridized carbons (Fsp3) is 0.333. The summed E-state index contributed by atoms with van der Waals surface area (Å²) < 4.78 is 4.34. The van der Waals surface area contributed by atoms with E-state index in [-0.39, 0.29) is 0 Å². The quantitative estimate of drug-likeness (QED) is 0.718. The lowest BCUT2D eigenvalue weighted by molar-refractivity contribution is -0.119. The van der Waals surface area contributed by atoms with E-state index in [1.165, 1.54) is 19.2 Å². The lowest BCUT2D eigenvalue weighted by Crippen LogP contribution is -2.24. The molecule has 1 aromatic carbocycles. The number of anilines is 1. The number of rotatable bonds is 4. The fourth-order valence-electron chi connectivity index (χ4n) is 4.36. The van der Waals surface area contributed by atoms with E-state index in [9.17, 15) is 4.79 Å². The number of primary amides is 1. The molecule has 1 amide bonds. The SMILES string of the molecule is NC(=O)C1N=CNc2ccc(-c3c(-c4ccn(C5CC5)n4)nc4n3CCC4)cc21. The maximum atomic E-state index is 11.9. The summed E-state index contributed by atoms with van der Waals surface area (Å²) in [4.78, 5) is 21.1. The molecule has 146 valence electrons. The van der Waals surface area contributed by atoms with E-state index in [2.05, 4.69) is 37.9 Å². The van der Waals surface area contributed by atoms with E-state index in [1.807, 2.05) is 12.1 Å². The molecule has 1 aliphatic carbocycles. The van der Waals surface area contributed by atoms with Crippen molar-refractivity contribution in [2.45, 2.75) is 44.3 Å². The second-order valence-corrected chi connectivity index (χ2v) is 7.92. The van der Waals surface area contributed by atoms with Crippen molar-refractivity contribution in [2.24, 2.45) is 10.7 Å². The lowest BCUT2D eigenvalue weighted by Gasteiger charge is -2.20. The van der Waals surface area contributed by atoms with Crippen LogP contribution in [-0.2, 0) is 17.8 Å². The molecule has 2 aromatic heterocycles. The molecule has 1 saturated carbocycles. The van der Waals surface area contributed by atoms with Crippen LogP contribution in [0.15, 0.2) is 35.5 Å². The highest BCUT2D eigenvalue weighted by atomic mass is 16.1. The molecule has 0 spiro atoms. The molecule has 0 radical (unpaired) electrons. The fourth-order valence-corrected chi connectivity index (χ4v) is 4.36. The number of fused-ring (bicyclic) bond motifs is 2. The summed E-state index contributed by atoms with van der Waals surface area (Å²) in [6.07, 6.45) is 8.03. The van der Waals surface area contributed by atoms with Gasteiger partial charge in [0.2, 0.25) is 5.91 Å². The maximum absolute atomic E-state index is 11.9. The second kappa shape index (κ2) is 6.04. The van der Waals surface area contributed by atoms with Crippen LogP contribution in [0.1, 0.15) is 42.7 Å². The van der Waals surface area contributed by atoms with Crippen LogP contribution in [0.4, 0.5) is 5.69 Å². The summed E-state index contributed by atoms with van der Waals surface area (Å²) in [6, 6.07) is 7.96. The van der Waals surface area contributed by atoms with Gasteiger partial charge in [0.25, 0.3) is 0 Å². The summed E-state index contributed by atoms with van der Waals surface area (Å²) >= 11 is 0. The monoisotopic (exact) mass is 387 g/mol. The van der Waals surface area contributed by atoms with Crippen molar-refractivity contribution in [3.05, 3.63) is 41.9 Å². The Morgan fingerprint density at radius 1 is 1.24 bits per heavy atom. The number of nitrogens with one attached hydrogen (secondary N) is 1. The summed E-state index contributed by atoms with van der Waals surface area (Å²) in [6.45, 7) is 0.938. The number of hydrogen-bond donors (Lipinski definition) is 2. The van der Waals surface area contributed by atoms with Gasteiger partial charge in [-0.05, 0) is 37.5 Å². The van der Waals surface area contributed by atoms with Gasteiger partial charge < -0.3 is 15.6 Å². The molecule has 1 fully saturated rings. The van der Waals surface area contributed by atoms with Crippen LogP contribution < -0.4 is 11.1 Å². The van der Waals surface area contributed by atoms with Gasteiger partial charge in [0.15, 0.2) is 6.04 Å². The highest BCUT2D eigenvalue weighted by molar-refractivity contribution is 5.92. The van der Waals surface area contributed by atoms with Gasteiger partial charge in [-0.2, -0.15) is 5.10 Å². The summed E-state index contributed by atoms with van der Waals surface area (Å²) in [5, 5.41) is 7.91. The zero-order valence-corrected chi connectivity index (χ0v) is 15.9. The molecule has 8 nitrogen and oxygen atoms in total. The van der Waals surface area contributed by atoms with E-state index < -0.39 is 11.9 Å². The highest BCUT2D eigenvalue weighted by Crippen LogP contribution is 2.40. The lowest BCUT2D eigenvalue weighted by atomic mass is 9.98. The van der Waals surface area contributed by atoms with Crippen molar-refractivity contribution in [2.75, 3.05) is 5.32 Å². The minimum Gasteiger partial charge on any atom is -0.368 e. The molecule has 1 unspecified atom stereocenters. The number of aryl methyl sites for hydroxylation is 1. The van der Waals surface area contributed by atoms with Crippen LogP contribution >= 0.6 is 0 Å². The van der Waals surface area contributed by atoms with Crippen LogP contribution in [0.5, 0.6) is 0 Å². The predicted molar refractivity (Wildman–Crippen MR) is 110 cm³/mol. The molecule has 2 aliphatic heterocycles. The van der Waals surface area contributed by atoms with Gasteiger partial charge in [0.05, 0.1) is 18.1 Å². The van der Waals surface area contributed by atoms with Crippen LogP contribution in [-0.4, -0.2) is 31.6 Å². The van der Waals surface area contributed by atoms with E-state index >= 15 is 0 Å². The predicted octanol–water partition coefficient (Wildman–Crippen LogP) is 2.67. The summed E-state index contributed by atoms with van der Waals surface area (Å²) in [5.74, 6) is 0.638. The molecule has 3 aromatic rings. The van der Waals surface area contributed by atoms with Crippen LogP contribution in [0.2, 0.25) is 0 Å². The van der Waals surface area contributed by atoms with E-state index in [0.717, 1.165) is 59.1 Å². The van der Waals surface area contributed by atoms with Gasteiger partial charge in [-0.1, -0.05) is 6.07 Å². The number of carbonyl (C=O) groups is 1. The smallest absolute Gasteiger partial charge is 0.246 e. The third-order valence-corrected chi connectivity index (χ3v) is 5.93. The molecular weight excluding hydrogens is 366 g/mol. The van der Waals surface area contributed by atoms with Gasteiger partial charge in [-0.15, -0.1) is 0 Å². The average molecular weight is 387 g/mol. The van der Waals surface area contributed by atoms with Gasteiger partial charge in [-0.25, -0.2) is 4.98 Å². The number of aromatic nitrogens is 4. The highest BCUT2D eigenvalue weighted by Gasteiger charge is 2.29. The Bertz CT molecular complexity index is 1170. The number of aliphatic imine (C=N–C) groups is 1. The Labute approximate surface area is 167 Å². The minimum absolute atomic E-state index is 0.455. The first-order valence-electron chi connectivity index (χ1n) is 10.1. The van der Waals surface area contributed by atoms with Crippen molar-refractivity contribution in [1.29, 1.82) is 0 Å². The first-order valence-corrected chi connectivity index (χ1v) is 10.1. The number of amides is 1. The van der Waals surface area contributed by atoms with Crippen molar-refractivity contribution in [3.63, 3.8) is 0 Å². The van der Waals surface area contributed by atoms with Crippen LogP contribution in [0.3, 0.4) is 0 Å². The number of imidazole rings is 1. The third kappa shape index (κ3) is 2.59. The van der Waals surface area contributed by atoms with Crippen LogP contribution in [0.25, 0.3) is 22.6 Å². The Kier molecular flexibility index (Phi) is 3.44. The summed E-state index contributed by atoms with van der Waals surface area (Å²) in [7, 11) is 0. The topological polar surface area (TPSA) is 103 Å². The maximum Gasteiger partial charge on any atom is 0.246 e. The average Bonchev–Trinajstić information content (AvgIpc) is 3.13. The molecule has 4 heterocycles. The third-order valence-electron chi connectivity index (χ3n) is 5.93. The van der Waals surface area contributed by atoms with Crippen molar-refractivity contribution < 1.29 is 4.79 Å². The second-order valence-electron chi connectivity index (χ2n) is 7.92. The Hall–Kier alpha value is -3.42.